The van der Waals surface area contributed by atoms with Gasteiger partial charge in [0.1, 0.15) is 0 Å². The fraction of sp³-hybridized carbons (Fsp3) is 0.333. The normalized spacial score (nSPS) is 11.1. The monoisotopic (exact) mass is 190 g/mol. The smallest absolute Gasteiger partial charge is 0.0417 e. The maximum Gasteiger partial charge on any atom is 0.0417 e. The van der Waals surface area contributed by atoms with Gasteiger partial charge in [0, 0.05) is 12.2 Å². The van der Waals surface area contributed by atoms with Gasteiger partial charge >= 0.3 is 0 Å². The van der Waals surface area contributed by atoms with E-state index in [9.17, 15) is 0 Å². The van der Waals surface area contributed by atoms with Gasteiger partial charge in [0.2, 0.25) is 0 Å². The average molecular weight is 190 g/mol. The van der Waals surface area contributed by atoms with Crippen molar-refractivity contribution < 1.29 is 0 Å². The number of hydrogen-bond donors (Lipinski definition) is 2. The molecule has 1 rings (SSSR count). The molecule has 0 heterocycles. The van der Waals surface area contributed by atoms with Gasteiger partial charge in [0.15, 0.2) is 0 Å². The minimum absolute atomic E-state index is 0.867. The summed E-state index contributed by atoms with van der Waals surface area (Å²) in [6.07, 6.45) is 4.14. The predicted octanol–water partition coefficient (Wildman–Crippen LogP) is 2.12. The van der Waals surface area contributed by atoms with Crippen LogP contribution in [-0.2, 0) is 0 Å². The van der Waals surface area contributed by atoms with Crippen molar-refractivity contribution in [1.29, 1.82) is 0 Å². The summed E-state index contributed by atoms with van der Waals surface area (Å²) in [5, 5.41) is 3.06. The van der Waals surface area contributed by atoms with Crippen molar-refractivity contribution in [2.24, 2.45) is 0 Å². The molecule has 14 heavy (non-hydrogen) atoms. The molecule has 76 valence electrons. The summed E-state index contributed by atoms with van der Waals surface area (Å²) in [5.74, 6) is 0. The molecule has 0 bridgehead atoms. The number of benzene rings is 1. The third kappa shape index (κ3) is 2.60. The third-order valence-corrected chi connectivity index (χ3v) is 2.18. The molecule has 0 unspecified atom stereocenters. The van der Waals surface area contributed by atoms with Crippen LogP contribution in [0.25, 0.3) is 6.08 Å². The van der Waals surface area contributed by atoms with E-state index in [1.165, 1.54) is 5.56 Å². The zero-order valence-corrected chi connectivity index (χ0v) is 9.09. The maximum atomic E-state index is 5.96. The van der Waals surface area contributed by atoms with Crippen molar-refractivity contribution >= 4 is 11.8 Å². The molecule has 2 nitrogen and oxygen atoms in total. The number of aryl methyl sites for hydroxylation is 2. The minimum atomic E-state index is 0.867. The van der Waals surface area contributed by atoms with E-state index in [1.54, 1.807) is 0 Å². The van der Waals surface area contributed by atoms with E-state index in [2.05, 4.69) is 36.5 Å². The largest absolute Gasteiger partial charge is 0.398 e. The molecule has 1 aromatic rings. The Balaban J connectivity index is 2.96. The fourth-order valence-corrected chi connectivity index (χ4v) is 1.45. The van der Waals surface area contributed by atoms with E-state index in [-0.39, 0.29) is 0 Å². The van der Waals surface area contributed by atoms with Crippen LogP contribution >= 0.6 is 0 Å². The number of rotatable bonds is 3. The number of anilines is 1. The summed E-state index contributed by atoms with van der Waals surface area (Å²) >= 11 is 0. The fourth-order valence-electron chi connectivity index (χ4n) is 1.45. The highest BCUT2D eigenvalue weighted by molar-refractivity contribution is 5.68. The van der Waals surface area contributed by atoms with Crippen LogP contribution in [0.2, 0.25) is 0 Å². The molecule has 0 radical (unpaired) electrons. The molecule has 3 N–H and O–H groups in total. The lowest BCUT2D eigenvalue weighted by molar-refractivity contribution is 0.922. The highest BCUT2D eigenvalue weighted by Gasteiger charge is 1.99. The second-order valence-electron chi connectivity index (χ2n) is 3.54. The Bertz CT molecular complexity index is 340. The number of nitrogens with one attached hydrogen (secondary N) is 1. The Kier molecular flexibility index (Phi) is 3.72. The molecule has 0 amide bonds. The predicted molar refractivity (Wildman–Crippen MR) is 63.3 cm³/mol. The SMILES string of the molecule is CNCC=Cc1cc(C)cc(C)c1N. The Morgan fingerprint density at radius 2 is 2.07 bits per heavy atom. The number of nitrogen functional groups attached to an aromatic ring is 1. The van der Waals surface area contributed by atoms with Gasteiger partial charge in [-0.2, -0.15) is 0 Å². The summed E-state index contributed by atoms with van der Waals surface area (Å²) < 4.78 is 0. The van der Waals surface area contributed by atoms with Crippen LogP contribution in [0.1, 0.15) is 16.7 Å². The molecule has 0 fully saturated rings. The first kappa shape index (κ1) is 10.8. The van der Waals surface area contributed by atoms with Gasteiger partial charge in [0.25, 0.3) is 0 Å². The molecule has 0 aromatic heterocycles. The van der Waals surface area contributed by atoms with E-state index in [0.29, 0.717) is 0 Å². The highest BCUT2D eigenvalue weighted by Crippen LogP contribution is 2.20. The van der Waals surface area contributed by atoms with E-state index < -0.39 is 0 Å². The number of nitrogens with two attached hydrogens (primary N) is 1. The lowest BCUT2D eigenvalue weighted by Crippen LogP contribution is -2.04. The van der Waals surface area contributed by atoms with E-state index >= 15 is 0 Å². The Morgan fingerprint density at radius 1 is 1.36 bits per heavy atom. The highest BCUT2D eigenvalue weighted by atomic mass is 14.8. The van der Waals surface area contributed by atoms with Crippen LogP contribution in [0.15, 0.2) is 18.2 Å². The minimum Gasteiger partial charge on any atom is -0.398 e. The number of likely N-dealkylation sites (N-methyl/N-ethyl adjacent to an activating group) is 1. The summed E-state index contributed by atoms with van der Waals surface area (Å²) in [4.78, 5) is 0. The van der Waals surface area contributed by atoms with E-state index in [4.69, 9.17) is 5.73 Å². The molecule has 2 heteroatoms. The summed E-state index contributed by atoms with van der Waals surface area (Å²) in [5.41, 5.74) is 10.3. The standard InChI is InChI=1S/C12H18N2/c1-9-7-10(2)12(13)11(8-9)5-4-6-14-3/h4-5,7-8,14H,6,13H2,1-3H3. The van der Waals surface area contributed by atoms with Crippen molar-refractivity contribution in [3.05, 3.63) is 34.9 Å². The Morgan fingerprint density at radius 3 is 2.71 bits per heavy atom. The molecule has 0 saturated heterocycles. The van der Waals surface area contributed by atoms with Crippen LogP contribution in [0.5, 0.6) is 0 Å². The topological polar surface area (TPSA) is 38.0 Å². The van der Waals surface area contributed by atoms with Crippen LogP contribution in [0.3, 0.4) is 0 Å². The number of hydrogen-bond acceptors (Lipinski definition) is 2. The summed E-state index contributed by atoms with van der Waals surface area (Å²) in [6, 6.07) is 4.21. The quantitative estimate of drug-likeness (QED) is 0.716. The first-order chi connectivity index (χ1) is 6.65. The van der Waals surface area contributed by atoms with Crippen molar-refractivity contribution in [2.45, 2.75) is 13.8 Å². The van der Waals surface area contributed by atoms with Gasteiger partial charge in [-0.3, -0.25) is 0 Å². The van der Waals surface area contributed by atoms with Gasteiger partial charge in [-0.25, -0.2) is 0 Å². The second kappa shape index (κ2) is 4.82. The molecule has 0 aliphatic rings. The van der Waals surface area contributed by atoms with Crippen molar-refractivity contribution in [3.63, 3.8) is 0 Å². The van der Waals surface area contributed by atoms with Crippen LogP contribution in [0, 0.1) is 13.8 Å². The molecule has 0 aliphatic heterocycles. The Hall–Kier alpha value is -1.28. The van der Waals surface area contributed by atoms with Crippen LogP contribution in [-0.4, -0.2) is 13.6 Å². The van der Waals surface area contributed by atoms with E-state index in [0.717, 1.165) is 23.4 Å². The van der Waals surface area contributed by atoms with Crippen molar-refractivity contribution in [2.75, 3.05) is 19.3 Å². The third-order valence-electron chi connectivity index (χ3n) is 2.18. The molecule has 0 aliphatic carbocycles. The summed E-state index contributed by atoms with van der Waals surface area (Å²) in [6.45, 7) is 4.99. The van der Waals surface area contributed by atoms with Crippen LogP contribution < -0.4 is 11.1 Å². The molecule has 1 aromatic carbocycles. The summed E-state index contributed by atoms with van der Waals surface area (Å²) in [7, 11) is 1.93. The van der Waals surface area contributed by atoms with E-state index in [1.807, 2.05) is 14.0 Å². The van der Waals surface area contributed by atoms with Gasteiger partial charge in [-0.15, -0.1) is 0 Å². The molecular weight excluding hydrogens is 172 g/mol. The van der Waals surface area contributed by atoms with Gasteiger partial charge in [-0.05, 0) is 38.1 Å². The van der Waals surface area contributed by atoms with Crippen LogP contribution in [0.4, 0.5) is 5.69 Å². The Labute approximate surface area is 85.8 Å². The average Bonchev–Trinajstić information content (AvgIpc) is 2.13. The zero-order chi connectivity index (χ0) is 10.6. The van der Waals surface area contributed by atoms with Crippen molar-refractivity contribution in [3.8, 4) is 0 Å². The molecule has 0 saturated carbocycles. The molecule has 0 spiro atoms. The maximum absolute atomic E-state index is 5.96. The lowest BCUT2D eigenvalue weighted by Gasteiger charge is -2.06. The van der Waals surface area contributed by atoms with Gasteiger partial charge in [-0.1, -0.05) is 23.8 Å². The molecule has 0 atom stereocenters. The second-order valence-corrected chi connectivity index (χ2v) is 3.54. The molecular formula is C12H18N2. The van der Waals surface area contributed by atoms with Gasteiger partial charge < -0.3 is 11.1 Å². The first-order valence-electron chi connectivity index (χ1n) is 4.83. The lowest BCUT2D eigenvalue weighted by atomic mass is 10.0. The first-order valence-corrected chi connectivity index (χ1v) is 4.83. The zero-order valence-electron chi connectivity index (χ0n) is 9.09. The van der Waals surface area contributed by atoms with Gasteiger partial charge in [0.05, 0.1) is 0 Å². The van der Waals surface area contributed by atoms with Crippen molar-refractivity contribution in [1.82, 2.24) is 5.32 Å².